The fourth-order valence-electron chi connectivity index (χ4n) is 1.34. The molecule has 2 aromatic heterocycles. The number of carbonyl (C=O) groups is 1. The first-order valence-corrected chi connectivity index (χ1v) is 4.68. The van der Waals surface area contributed by atoms with Crippen LogP contribution >= 0.6 is 0 Å². The monoisotopic (exact) mass is 214 g/mol. The molecule has 3 N–H and O–H groups in total. The van der Waals surface area contributed by atoms with Crippen LogP contribution < -0.4 is 11.3 Å². The molecule has 0 saturated carbocycles. The van der Waals surface area contributed by atoms with Crippen molar-refractivity contribution in [2.24, 2.45) is 5.84 Å². The quantitative estimate of drug-likeness (QED) is 0.439. The molecule has 0 aliphatic heterocycles. The van der Waals surface area contributed by atoms with Gasteiger partial charge in [-0.15, -0.1) is 0 Å². The first kappa shape index (κ1) is 10.3. The number of nitrogens with two attached hydrogens (primary N) is 1. The summed E-state index contributed by atoms with van der Waals surface area (Å²) in [5, 5.41) is 0. The molecule has 0 aromatic carbocycles. The summed E-state index contributed by atoms with van der Waals surface area (Å²) >= 11 is 0. The lowest BCUT2D eigenvalue weighted by Gasteiger charge is -2.03. The summed E-state index contributed by atoms with van der Waals surface area (Å²) in [6.45, 7) is 0. The summed E-state index contributed by atoms with van der Waals surface area (Å²) < 4.78 is 0. The predicted octanol–water partition coefficient (Wildman–Crippen LogP) is 0.747. The Morgan fingerprint density at radius 2 is 2.12 bits per heavy atom. The number of nitrogens with zero attached hydrogens (tertiary/aromatic N) is 2. The number of nitrogen functional groups attached to an aromatic ring is 1. The topological polar surface area (TPSA) is 80.9 Å². The van der Waals surface area contributed by atoms with Crippen LogP contribution in [-0.2, 0) is 0 Å². The van der Waals surface area contributed by atoms with Crippen molar-refractivity contribution in [2.75, 3.05) is 0 Å². The minimum absolute atomic E-state index is 0.281. The third-order valence-corrected chi connectivity index (χ3v) is 2.12. The van der Waals surface area contributed by atoms with E-state index in [2.05, 4.69) is 9.97 Å². The summed E-state index contributed by atoms with van der Waals surface area (Å²) in [4.78, 5) is 19.2. The highest BCUT2D eigenvalue weighted by molar-refractivity contribution is 5.92. The Morgan fingerprint density at radius 3 is 2.81 bits per heavy atom. The molecule has 2 aromatic rings. The highest BCUT2D eigenvalue weighted by Gasteiger charge is 2.06. The Kier molecular flexibility index (Phi) is 2.88. The van der Waals surface area contributed by atoms with Crippen molar-refractivity contribution >= 4 is 5.91 Å². The van der Waals surface area contributed by atoms with Crippen LogP contribution in [0.3, 0.4) is 0 Å². The van der Waals surface area contributed by atoms with Crippen molar-refractivity contribution in [3.05, 3.63) is 48.5 Å². The molecule has 2 heterocycles. The van der Waals surface area contributed by atoms with Crippen LogP contribution in [0.5, 0.6) is 0 Å². The Labute approximate surface area is 92.3 Å². The highest BCUT2D eigenvalue weighted by atomic mass is 16.2. The van der Waals surface area contributed by atoms with Gasteiger partial charge < -0.3 is 0 Å². The summed E-state index contributed by atoms with van der Waals surface area (Å²) in [5.74, 6) is 4.63. The van der Waals surface area contributed by atoms with E-state index in [9.17, 15) is 4.79 Å². The average Bonchev–Trinajstić information content (AvgIpc) is 2.39. The van der Waals surface area contributed by atoms with E-state index in [1.807, 2.05) is 23.6 Å². The van der Waals surface area contributed by atoms with Crippen LogP contribution in [0.2, 0.25) is 0 Å². The normalized spacial score (nSPS) is 9.81. The molecular weight excluding hydrogens is 204 g/mol. The van der Waals surface area contributed by atoms with Crippen LogP contribution in [0.15, 0.2) is 42.9 Å². The SMILES string of the molecule is NNC(=O)c1cc(-c2cccnc2)ccn1. The number of pyridine rings is 2. The average molecular weight is 214 g/mol. The zero-order valence-corrected chi connectivity index (χ0v) is 8.42. The maximum atomic E-state index is 11.3. The Balaban J connectivity index is 2.40. The molecule has 2 rings (SSSR count). The summed E-state index contributed by atoms with van der Waals surface area (Å²) in [6.07, 6.45) is 4.98. The number of hydrogen-bond acceptors (Lipinski definition) is 4. The van der Waals surface area contributed by atoms with Gasteiger partial charge in [-0.2, -0.15) is 0 Å². The van der Waals surface area contributed by atoms with Crippen LogP contribution in [-0.4, -0.2) is 15.9 Å². The van der Waals surface area contributed by atoms with Gasteiger partial charge in [0.05, 0.1) is 0 Å². The van der Waals surface area contributed by atoms with Crippen LogP contribution in [0.25, 0.3) is 11.1 Å². The predicted molar refractivity (Wildman–Crippen MR) is 59.1 cm³/mol. The van der Waals surface area contributed by atoms with Gasteiger partial charge in [0, 0.05) is 24.2 Å². The van der Waals surface area contributed by atoms with Gasteiger partial charge in [0.2, 0.25) is 0 Å². The standard InChI is InChI=1S/C11H10N4O/c12-15-11(16)10-6-8(3-5-14-10)9-2-1-4-13-7-9/h1-7H,12H2,(H,15,16). The Hall–Kier alpha value is -2.27. The molecule has 0 aliphatic carbocycles. The fraction of sp³-hybridized carbons (Fsp3) is 0. The summed E-state index contributed by atoms with van der Waals surface area (Å²) in [5.41, 5.74) is 4.13. The highest BCUT2D eigenvalue weighted by Crippen LogP contribution is 2.17. The fourth-order valence-corrected chi connectivity index (χ4v) is 1.34. The zero-order chi connectivity index (χ0) is 11.4. The third-order valence-electron chi connectivity index (χ3n) is 2.12. The van der Waals surface area contributed by atoms with Gasteiger partial charge in [-0.25, -0.2) is 5.84 Å². The number of rotatable bonds is 2. The second-order valence-electron chi connectivity index (χ2n) is 3.14. The van der Waals surface area contributed by atoms with Crippen molar-refractivity contribution < 1.29 is 4.79 Å². The van der Waals surface area contributed by atoms with E-state index in [1.165, 1.54) is 0 Å². The smallest absolute Gasteiger partial charge is 0.283 e. The van der Waals surface area contributed by atoms with Gasteiger partial charge in [-0.1, -0.05) is 6.07 Å². The summed E-state index contributed by atoms with van der Waals surface area (Å²) in [7, 11) is 0. The third kappa shape index (κ3) is 2.04. The van der Waals surface area contributed by atoms with Gasteiger partial charge in [0.1, 0.15) is 5.69 Å². The Morgan fingerprint density at radius 1 is 1.25 bits per heavy atom. The largest absolute Gasteiger partial charge is 0.289 e. The molecule has 0 fully saturated rings. The van der Waals surface area contributed by atoms with Crippen LogP contribution in [0.1, 0.15) is 10.5 Å². The lowest BCUT2D eigenvalue weighted by Crippen LogP contribution is -2.30. The zero-order valence-electron chi connectivity index (χ0n) is 8.42. The van der Waals surface area contributed by atoms with Crippen molar-refractivity contribution in [3.8, 4) is 11.1 Å². The molecule has 0 saturated heterocycles. The first-order valence-electron chi connectivity index (χ1n) is 4.68. The maximum absolute atomic E-state index is 11.3. The van der Waals surface area contributed by atoms with Gasteiger partial charge >= 0.3 is 0 Å². The van der Waals surface area contributed by atoms with Gasteiger partial charge in [-0.3, -0.25) is 20.2 Å². The van der Waals surface area contributed by atoms with Crippen molar-refractivity contribution in [2.45, 2.75) is 0 Å². The molecule has 1 amide bonds. The number of hydrazine groups is 1. The number of carbonyl (C=O) groups excluding carboxylic acids is 1. The number of amides is 1. The molecule has 0 aliphatic rings. The van der Waals surface area contributed by atoms with E-state index in [-0.39, 0.29) is 5.69 Å². The van der Waals surface area contributed by atoms with E-state index in [4.69, 9.17) is 5.84 Å². The molecule has 0 bridgehead atoms. The first-order chi connectivity index (χ1) is 7.81. The second kappa shape index (κ2) is 4.50. The van der Waals surface area contributed by atoms with Crippen molar-refractivity contribution in [3.63, 3.8) is 0 Å². The van der Waals surface area contributed by atoms with Crippen molar-refractivity contribution in [1.29, 1.82) is 0 Å². The van der Waals surface area contributed by atoms with Crippen LogP contribution in [0, 0.1) is 0 Å². The van der Waals surface area contributed by atoms with Gasteiger partial charge in [0.25, 0.3) is 5.91 Å². The van der Waals surface area contributed by atoms with E-state index in [1.54, 1.807) is 24.7 Å². The molecule has 0 unspecified atom stereocenters. The molecular formula is C11H10N4O. The molecule has 16 heavy (non-hydrogen) atoms. The van der Waals surface area contributed by atoms with E-state index in [0.717, 1.165) is 11.1 Å². The molecule has 5 heteroatoms. The maximum Gasteiger partial charge on any atom is 0.283 e. The van der Waals surface area contributed by atoms with Crippen LogP contribution in [0.4, 0.5) is 0 Å². The van der Waals surface area contributed by atoms with E-state index in [0.29, 0.717) is 0 Å². The molecule has 5 nitrogen and oxygen atoms in total. The minimum Gasteiger partial charge on any atom is -0.289 e. The Bertz CT molecular complexity index is 498. The van der Waals surface area contributed by atoms with Gasteiger partial charge in [0.15, 0.2) is 0 Å². The number of hydrogen-bond donors (Lipinski definition) is 2. The molecule has 80 valence electrons. The van der Waals surface area contributed by atoms with Crippen molar-refractivity contribution in [1.82, 2.24) is 15.4 Å². The number of aromatic nitrogens is 2. The minimum atomic E-state index is -0.411. The lowest BCUT2D eigenvalue weighted by atomic mass is 10.1. The molecule has 0 atom stereocenters. The molecule has 0 spiro atoms. The van der Waals surface area contributed by atoms with Gasteiger partial charge in [-0.05, 0) is 23.8 Å². The molecule has 0 radical (unpaired) electrons. The second-order valence-corrected chi connectivity index (χ2v) is 3.14. The van der Waals surface area contributed by atoms with E-state index >= 15 is 0 Å². The summed E-state index contributed by atoms with van der Waals surface area (Å²) in [6, 6.07) is 7.22. The van der Waals surface area contributed by atoms with E-state index < -0.39 is 5.91 Å². The number of nitrogens with one attached hydrogen (secondary N) is 1. The lowest BCUT2D eigenvalue weighted by molar-refractivity contribution is 0.0948.